The first-order chi connectivity index (χ1) is 8.60. The molecular weight excluding hydrogens is 259 g/mol. The van der Waals surface area contributed by atoms with E-state index in [1.807, 2.05) is 4.57 Å². The summed E-state index contributed by atoms with van der Waals surface area (Å²) in [6.07, 6.45) is 0.956. The minimum atomic E-state index is -0.234. The predicted molar refractivity (Wildman–Crippen MR) is 80.5 cm³/mol. The van der Waals surface area contributed by atoms with Crippen LogP contribution in [0.1, 0.15) is 41.0 Å². The number of hydrogen-bond acceptors (Lipinski definition) is 1. The molecule has 1 aromatic heterocycles. The second-order valence-corrected chi connectivity index (χ2v) is 7.36. The number of nitrogens with one attached hydrogen (secondary N) is 1. The summed E-state index contributed by atoms with van der Waals surface area (Å²) in [5.41, 5.74) is 1.73. The lowest BCUT2D eigenvalue weighted by Gasteiger charge is -2.34. The van der Waals surface area contributed by atoms with E-state index in [-0.39, 0.29) is 16.8 Å². The summed E-state index contributed by atoms with van der Waals surface area (Å²) in [5, 5.41) is 0. The first-order valence-corrected chi connectivity index (χ1v) is 6.92. The Kier molecular flexibility index (Phi) is 3.33. The molecule has 0 saturated heterocycles. The standard InChI is InChI=1S/C15H21FN2S/c1-14(2,3)9-15(4,5)18-12-8-10(16)6-7-11(12)17-13(18)19/h6-8H,9H2,1-5H3,(H,17,19). The van der Waals surface area contributed by atoms with E-state index < -0.39 is 0 Å². The molecule has 4 heteroatoms. The summed E-state index contributed by atoms with van der Waals surface area (Å²) in [7, 11) is 0. The summed E-state index contributed by atoms with van der Waals surface area (Å²) in [4.78, 5) is 3.16. The normalized spacial score (nSPS) is 13.2. The van der Waals surface area contributed by atoms with Gasteiger partial charge >= 0.3 is 0 Å². The van der Waals surface area contributed by atoms with Crippen LogP contribution in [0.25, 0.3) is 11.0 Å². The molecule has 104 valence electrons. The molecule has 2 rings (SSSR count). The molecule has 0 unspecified atom stereocenters. The molecule has 0 aliphatic carbocycles. The molecule has 0 atom stereocenters. The molecule has 0 spiro atoms. The van der Waals surface area contributed by atoms with Gasteiger partial charge in [0, 0.05) is 5.54 Å². The van der Waals surface area contributed by atoms with Gasteiger partial charge in [0.25, 0.3) is 0 Å². The molecule has 1 N–H and O–H groups in total. The maximum absolute atomic E-state index is 13.5. The average molecular weight is 280 g/mol. The van der Waals surface area contributed by atoms with Crippen molar-refractivity contribution in [3.63, 3.8) is 0 Å². The lowest BCUT2D eigenvalue weighted by atomic mass is 9.81. The van der Waals surface area contributed by atoms with Gasteiger partial charge in [0.15, 0.2) is 4.77 Å². The van der Waals surface area contributed by atoms with E-state index in [9.17, 15) is 4.39 Å². The van der Waals surface area contributed by atoms with E-state index in [4.69, 9.17) is 12.2 Å². The molecule has 0 amide bonds. The van der Waals surface area contributed by atoms with Crippen LogP contribution >= 0.6 is 12.2 Å². The van der Waals surface area contributed by atoms with E-state index in [2.05, 4.69) is 39.6 Å². The lowest BCUT2D eigenvalue weighted by molar-refractivity contribution is 0.217. The number of benzene rings is 1. The van der Waals surface area contributed by atoms with Crippen molar-refractivity contribution < 1.29 is 4.39 Å². The van der Waals surface area contributed by atoms with E-state index in [1.54, 1.807) is 12.1 Å². The van der Waals surface area contributed by atoms with Crippen molar-refractivity contribution in [2.24, 2.45) is 5.41 Å². The summed E-state index contributed by atoms with van der Waals surface area (Å²) >= 11 is 5.42. The van der Waals surface area contributed by atoms with Crippen molar-refractivity contribution in [3.05, 3.63) is 28.8 Å². The van der Waals surface area contributed by atoms with Gasteiger partial charge in [-0.25, -0.2) is 4.39 Å². The van der Waals surface area contributed by atoms with E-state index in [0.717, 1.165) is 17.5 Å². The maximum Gasteiger partial charge on any atom is 0.178 e. The Hall–Kier alpha value is -1.16. The van der Waals surface area contributed by atoms with Crippen LogP contribution in [0.5, 0.6) is 0 Å². The Bertz CT molecular complexity index is 659. The molecule has 0 aliphatic rings. The Morgan fingerprint density at radius 3 is 2.42 bits per heavy atom. The van der Waals surface area contributed by atoms with Gasteiger partial charge in [-0.1, -0.05) is 20.8 Å². The van der Waals surface area contributed by atoms with Crippen molar-refractivity contribution in [2.75, 3.05) is 0 Å². The third-order valence-corrected chi connectivity index (χ3v) is 3.50. The van der Waals surface area contributed by atoms with Crippen LogP contribution in [0.15, 0.2) is 18.2 Å². The zero-order valence-electron chi connectivity index (χ0n) is 12.2. The first kappa shape index (κ1) is 14.3. The minimum absolute atomic E-state index is 0.165. The quantitative estimate of drug-likeness (QED) is 0.767. The zero-order chi connectivity index (χ0) is 14.4. The van der Waals surface area contributed by atoms with Crippen LogP contribution in [0.3, 0.4) is 0 Å². The number of fused-ring (bicyclic) bond motifs is 1. The number of halogens is 1. The fourth-order valence-electron chi connectivity index (χ4n) is 3.05. The Morgan fingerprint density at radius 1 is 1.21 bits per heavy atom. The van der Waals surface area contributed by atoms with Crippen molar-refractivity contribution in [3.8, 4) is 0 Å². The van der Waals surface area contributed by atoms with Crippen LogP contribution in [0.2, 0.25) is 0 Å². The predicted octanol–water partition coefficient (Wildman–Crippen LogP) is 5.01. The van der Waals surface area contributed by atoms with E-state index >= 15 is 0 Å². The van der Waals surface area contributed by atoms with E-state index in [0.29, 0.717) is 4.77 Å². The van der Waals surface area contributed by atoms with Crippen LogP contribution in [0.4, 0.5) is 4.39 Å². The number of hydrogen-bond donors (Lipinski definition) is 1. The highest BCUT2D eigenvalue weighted by molar-refractivity contribution is 7.71. The highest BCUT2D eigenvalue weighted by Crippen LogP contribution is 2.34. The number of aromatic nitrogens is 2. The highest BCUT2D eigenvalue weighted by Gasteiger charge is 2.29. The fourth-order valence-corrected chi connectivity index (χ4v) is 3.51. The largest absolute Gasteiger partial charge is 0.331 e. The smallest absolute Gasteiger partial charge is 0.178 e. The summed E-state index contributed by atoms with van der Waals surface area (Å²) in [5.74, 6) is -0.234. The second kappa shape index (κ2) is 4.44. The number of aromatic amines is 1. The molecule has 0 bridgehead atoms. The molecule has 2 aromatic rings. The van der Waals surface area contributed by atoms with Crippen molar-refractivity contribution >= 4 is 23.3 Å². The monoisotopic (exact) mass is 280 g/mol. The summed E-state index contributed by atoms with van der Waals surface area (Å²) in [6.45, 7) is 10.9. The molecule has 2 nitrogen and oxygen atoms in total. The highest BCUT2D eigenvalue weighted by atomic mass is 32.1. The molecule has 19 heavy (non-hydrogen) atoms. The summed E-state index contributed by atoms with van der Waals surface area (Å²) in [6, 6.07) is 4.74. The van der Waals surface area contributed by atoms with Gasteiger partial charge in [0.1, 0.15) is 5.82 Å². The molecule has 0 fully saturated rings. The first-order valence-electron chi connectivity index (χ1n) is 6.51. The molecule has 0 radical (unpaired) electrons. The van der Waals surface area contributed by atoms with Gasteiger partial charge in [0.2, 0.25) is 0 Å². The lowest BCUT2D eigenvalue weighted by Crippen LogP contribution is -2.31. The van der Waals surface area contributed by atoms with Crippen LogP contribution in [-0.4, -0.2) is 9.55 Å². The fraction of sp³-hybridized carbons (Fsp3) is 0.533. The van der Waals surface area contributed by atoms with Gasteiger partial charge in [0.05, 0.1) is 11.0 Å². The van der Waals surface area contributed by atoms with Crippen LogP contribution in [0, 0.1) is 16.0 Å². The summed E-state index contributed by atoms with van der Waals surface area (Å²) < 4.78 is 16.2. The number of nitrogens with zero attached hydrogens (tertiary/aromatic N) is 1. The third kappa shape index (κ3) is 2.89. The van der Waals surface area contributed by atoms with Gasteiger partial charge in [-0.2, -0.15) is 0 Å². The van der Waals surface area contributed by atoms with E-state index in [1.165, 1.54) is 6.07 Å². The van der Waals surface area contributed by atoms with Crippen molar-refractivity contribution in [1.82, 2.24) is 9.55 Å². The molecular formula is C15H21FN2S. The third-order valence-electron chi connectivity index (χ3n) is 3.21. The Morgan fingerprint density at radius 2 is 1.84 bits per heavy atom. The zero-order valence-corrected chi connectivity index (χ0v) is 13.0. The van der Waals surface area contributed by atoms with Gasteiger partial charge in [-0.05, 0) is 56.1 Å². The van der Waals surface area contributed by atoms with Crippen LogP contribution < -0.4 is 0 Å². The Labute approximate surface area is 118 Å². The molecule has 1 heterocycles. The number of imidazole rings is 1. The molecule has 1 aromatic carbocycles. The van der Waals surface area contributed by atoms with Crippen LogP contribution in [-0.2, 0) is 5.54 Å². The van der Waals surface area contributed by atoms with Gasteiger partial charge < -0.3 is 9.55 Å². The minimum Gasteiger partial charge on any atom is -0.331 e. The topological polar surface area (TPSA) is 20.7 Å². The number of H-pyrrole nitrogens is 1. The molecule has 0 saturated carbocycles. The maximum atomic E-state index is 13.5. The van der Waals surface area contributed by atoms with Gasteiger partial charge in [-0.15, -0.1) is 0 Å². The SMILES string of the molecule is CC(C)(C)CC(C)(C)n1c(=S)[nH]c2ccc(F)cc21. The van der Waals surface area contributed by atoms with Crippen molar-refractivity contribution in [2.45, 2.75) is 46.6 Å². The van der Waals surface area contributed by atoms with Crippen molar-refractivity contribution in [1.29, 1.82) is 0 Å². The van der Waals surface area contributed by atoms with Gasteiger partial charge in [-0.3, -0.25) is 0 Å². The number of rotatable bonds is 2. The second-order valence-electron chi connectivity index (χ2n) is 6.98. The molecule has 0 aliphatic heterocycles. The average Bonchev–Trinajstić information content (AvgIpc) is 2.49. The Balaban J connectivity index is 2.64.